The van der Waals surface area contributed by atoms with Gasteiger partial charge in [0.05, 0.1) is 6.04 Å². The number of benzene rings is 1. The molecule has 0 aliphatic heterocycles. The Morgan fingerprint density at radius 1 is 1.09 bits per heavy atom. The predicted octanol–water partition coefficient (Wildman–Crippen LogP) is 3.26. The topological polar surface area (TPSA) is 68.0 Å². The standard InChI is InChI=1S/C17H21N3O.2ClH/c1-13(18)7-8-16(21)20-17(14-5-3-2-4-6-14)15-9-11-19-12-10-15;;/h2-6,9-13,17H,7-8,18H2,1H3,(H,20,21);2*1H. The van der Waals surface area contributed by atoms with E-state index in [4.69, 9.17) is 5.73 Å². The number of hydrogen-bond acceptors (Lipinski definition) is 3. The molecule has 2 atom stereocenters. The molecule has 4 nitrogen and oxygen atoms in total. The molecule has 2 unspecified atom stereocenters. The van der Waals surface area contributed by atoms with Crippen molar-refractivity contribution in [2.24, 2.45) is 5.73 Å². The maximum Gasteiger partial charge on any atom is 0.220 e. The minimum atomic E-state index is -0.158. The molecule has 2 aromatic rings. The average molecular weight is 356 g/mol. The van der Waals surface area contributed by atoms with Crippen molar-refractivity contribution in [3.63, 3.8) is 0 Å². The number of aromatic nitrogens is 1. The number of pyridine rings is 1. The Hall–Kier alpha value is -1.62. The minimum absolute atomic E-state index is 0. The molecule has 0 bridgehead atoms. The first-order chi connectivity index (χ1) is 10.2. The van der Waals surface area contributed by atoms with Gasteiger partial charge in [0.2, 0.25) is 5.91 Å². The van der Waals surface area contributed by atoms with E-state index in [9.17, 15) is 4.79 Å². The summed E-state index contributed by atoms with van der Waals surface area (Å²) >= 11 is 0. The van der Waals surface area contributed by atoms with Crippen molar-refractivity contribution in [3.05, 3.63) is 66.0 Å². The van der Waals surface area contributed by atoms with Gasteiger partial charge in [-0.15, -0.1) is 24.8 Å². The zero-order valence-corrected chi connectivity index (χ0v) is 14.6. The molecule has 2 rings (SSSR count). The minimum Gasteiger partial charge on any atom is -0.345 e. The van der Waals surface area contributed by atoms with Crippen molar-refractivity contribution >= 4 is 30.7 Å². The fraction of sp³-hybridized carbons (Fsp3) is 0.294. The summed E-state index contributed by atoms with van der Waals surface area (Å²) < 4.78 is 0. The van der Waals surface area contributed by atoms with E-state index in [1.54, 1.807) is 12.4 Å². The van der Waals surface area contributed by atoms with Crippen LogP contribution in [0.15, 0.2) is 54.9 Å². The van der Waals surface area contributed by atoms with Gasteiger partial charge < -0.3 is 11.1 Å². The Morgan fingerprint density at radius 3 is 2.22 bits per heavy atom. The lowest BCUT2D eigenvalue weighted by Gasteiger charge is -2.20. The van der Waals surface area contributed by atoms with E-state index >= 15 is 0 Å². The highest BCUT2D eigenvalue weighted by Gasteiger charge is 2.16. The van der Waals surface area contributed by atoms with Crippen LogP contribution in [-0.2, 0) is 4.79 Å². The fourth-order valence-electron chi connectivity index (χ4n) is 2.15. The second-order valence-electron chi connectivity index (χ2n) is 5.21. The van der Waals surface area contributed by atoms with Gasteiger partial charge >= 0.3 is 0 Å². The van der Waals surface area contributed by atoms with Gasteiger partial charge in [-0.3, -0.25) is 9.78 Å². The lowest BCUT2D eigenvalue weighted by molar-refractivity contribution is -0.121. The molecule has 1 aromatic heterocycles. The number of rotatable bonds is 6. The lowest BCUT2D eigenvalue weighted by atomic mass is 9.99. The Labute approximate surface area is 149 Å². The van der Waals surface area contributed by atoms with Crippen LogP contribution in [0, 0.1) is 0 Å². The molecule has 1 amide bonds. The fourth-order valence-corrected chi connectivity index (χ4v) is 2.15. The van der Waals surface area contributed by atoms with Gasteiger partial charge in [0.15, 0.2) is 0 Å². The van der Waals surface area contributed by atoms with Crippen molar-refractivity contribution in [3.8, 4) is 0 Å². The second kappa shape index (κ2) is 11.0. The van der Waals surface area contributed by atoms with E-state index in [1.165, 1.54) is 0 Å². The highest BCUT2D eigenvalue weighted by Crippen LogP contribution is 2.21. The van der Waals surface area contributed by atoms with E-state index in [2.05, 4.69) is 10.3 Å². The van der Waals surface area contributed by atoms with Gasteiger partial charge in [-0.05, 0) is 36.6 Å². The van der Waals surface area contributed by atoms with Crippen molar-refractivity contribution in [2.45, 2.75) is 31.8 Å². The molecular weight excluding hydrogens is 333 g/mol. The summed E-state index contributed by atoms with van der Waals surface area (Å²) in [6.45, 7) is 1.91. The highest BCUT2D eigenvalue weighted by atomic mass is 35.5. The highest BCUT2D eigenvalue weighted by molar-refractivity contribution is 5.85. The molecular formula is C17H23Cl2N3O. The van der Waals surface area contributed by atoms with Gasteiger partial charge in [0, 0.05) is 24.9 Å². The first kappa shape index (κ1) is 21.4. The summed E-state index contributed by atoms with van der Waals surface area (Å²) in [4.78, 5) is 16.2. The van der Waals surface area contributed by atoms with Crippen LogP contribution in [-0.4, -0.2) is 16.9 Å². The van der Waals surface area contributed by atoms with Crippen LogP contribution >= 0.6 is 24.8 Å². The van der Waals surface area contributed by atoms with Gasteiger partial charge in [-0.25, -0.2) is 0 Å². The zero-order chi connectivity index (χ0) is 15.1. The van der Waals surface area contributed by atoms with E-state index in [0.717, 1.165) is 11.1 Å². The molecule has 0 saturated carbocycles. The molecule has 0 spiro atoms. The third kappa shape index (κ3) is 6.99. The number of nitrogens with zero attached hydrogens (tertiary/aromatic N) is 1. The van der Waals surface area contributed by atoms with E-state index in [0.29, 0.717) is 12.8 Å². The van der Waals surface area contributed by atoms with Crippen LogP contribution in [0.1, 0.15) is 36.9 Å². The molecule has 126 valence electrons. The van der Waals surface area contributed by atoms with Gasteiger partial charge in [-0.1, -0.05) is 30.3 Å². The Balaban J connectivity index is 0.00000242. The molecule has 0 aliphatic carbocycles. The number of carbonyl (C=O) groups is 1. The molecule has 0 saturated heterocycles. The number of hydrogen-bond donors (Lipinski definition) is 2. The molecule has 6 heteroatoms. The Morgan fingerprint density at radius 2 is 1.65 bits per heavy atom. The molecule has 0 radical (unpaired) electrons. The molecule has 0 aliphatic rings. The monoisotopic (exact) mass is 355 g/mol. The van der Waals surface area contributed by atoms with Gasteiger partial charge in [-0.2, -0.15) is 0 Å². The number of nitrogens with two attached hydrogens (primary N) is 1. The molecule has 1 heterocycles. The number of carbonyl (C=O) groups excluding carboxylic acids is 1. The number of nitrogens with one attached hydrogen (secondary N) is 1. The summed E-state index contributed by atoms with van der Waals surface area (Å²) in [6, 6.07) is 13.6. The number of amides is 1. The van der Waals surface area contributed by atoms with Crippen LogP contribution in [0.25, 0.3) is 0 Å². The van der Waals surface area contributed by atoms with Crippen molar-refractivity contribution in [1.82, 2.24) is 10.3 Å². The zero-order valence-electron chi connectivity index (χ0n) is 13.0. The van der Waals surface area contributed by atoms with E-state index < -0.39 is 0 Å². The predicted molar refractivity (Wildman–Crippen MR) is 98.0 cm³/mol. The summed E-state index contributed by atoms with van der Waals surface area (Å²) in [6.07, 6.45) is 4.59. The molecule has 23 heavy (non-hydrogen) atoms. The van der Waals surface area contributed by atoms with Gasteiger partial charge in [0.25, 0.3) is 0 Å². The van der Waals surface area contributed by atoms with Crippen molar-refractivity contribution in [1.29, 1.82) is 0 Å². The maximum atomic E-state index is 12.1. The third-order valence-electron chi connectivity index (χ3n) is 3.30. The Kier molecular flexibility index (Phi) is 10.2. The van der Waals surface area contributed by atoms with Crippen LogP contribution in [0.3, 0.4) is 0 Å². The molecule has 0 fully saturated rings. The van der Waals surface area contributed by atoms with Crippen LogP contribution in [0.5, 0.6) is 0 Å². The van der Waals surface area contributed by atoms with E-state index in [-0.39, 0.29) is 42.8 Å². The van der Waals surface area contributed by atoms with Gasteiger partial charge in [0.1, 0.15) is 0 Å². The summed E-state index contributed by atoms with van der Waals surface area (Å²) in [5.41, 5.74) is 7.78. The first-order valence-electron chi connectivity index (χ1n) is 7.16. The molecule has 3 N–H and O–H groups in total. The largest absolute Gasteiger partial charge is 0.345 e. The van der Waals surface area contributed by atoms with Crippen LogP contribution < -0.4 is 11.1 Å². The quantitative estimate of drug-likeness (QED) is 0.835. The SMILES string of the molecule is CC(N)CCC(=O)NC(c1ccccc1)c1ccncc1.Cl.Cl. The van der Waals surface area contributed by atoms with Crippen molar-refractivity contribution < 1.29 is 4.79 Å². The lowest BCUT2D eigenvalue weighted by Crippen LogP contribution is -2.30. The second-order valence-corrected chi connectivity index (χ2v) is 5.21. The van der Waals surface area contributed by atoms with Crippen LogP contribution in [0.2, 0.25) is 0 Å². The molecule has 1 aromatic carbocycles. The van der Waals surface area contributed by atoms with Crippen molar-refractivity contribution in [2.75, 3.05) is 0 Å². The van der Waals surface area contributed by atoms with Crippen LogP contribution in [0.4, 0.5) is 0 Å². The van der Waals surface area contributed by atoms with E-state index in [1.807, 2.05) is 49.4 Å². The Bertz CT molecular complexity index is 525. The summed E-state index contributed by atoms with van der Waals surface area (Å²) in [7, 11) is 0. The smallest absolute Gasteiger partial charge is 0.220 e. The normalized spacial score (nSPS) is 12.3. The summed E-state index contributed by atoms with van der Waals surface area (Å²) in [5.74, 6) is 0.0120. The maximum absolute atomic E-state index is 12.1. The average Bonchev–Trinajstić information content (AvgIpc) is 2.52. The third-order valence-corrected chi connectivity index (χ3v) is 3.30. The first-order valence-corrected chi connectivity index (χ1v) is 7.16. The summed E-state index contributed by atoms with van der Waals surface area (Å²) in [5, 5.41) is 3.08. The number of halogens is 2.